The fraction of sp³-hybridized carbons (Fsp3) is 0.0625. The monoisotopic (exact) mass is 313 g/mol. The lowest BCUT2D eigenvalue weighted by molar-refractivity contribution is 0.102. The molecule has 110 valence electrons. The molecule has 1 heterocycles. The van der Waals surface area contributed by atoms with Gasteiger partial charge in [-0.1, -0.05) is 53.8 Å². The number of carbonyl (C=O) groups is 1. The first-order valence-corrected chi connectivity index (χ1v) is 7.46. The summed E-state index contributed by atoms with van der Waals surface area (Å²) in [7, 11) is 0. The van der Waals surface area contributed by atoms with Crippen molar-refractivity contribution < 1.29 is 9.18 Å². The maximum Gasteiger partial charge on any atom is 0.260 e. The summed E-state index contributed by atoms with van der Waals surface area (Å²) < 4.78 is 13.5. The number of rotatable bonds is 4. The molecule has 3 aromatic rings. The van der Waals surface area contributed by atoms with Crippen LogP contribution in [0.1, 0.15) is 20.9 Å². The third-order valence-electron chi connectivity index (χ3n) is 3.00. The minimum atomic E-state index is -0.561. The molecule has 0 spiro atoms. The SMILES string of the molecule is O=C(Nc1nnc(Cc2ccccc2)s1)c1ccccc1F. The first-order valence-electron chi connectivity index (χ1n) is 6.64. The number of nitrogens with zero attached hydrogens (tertiary/aromatic N) is 2. The third-order valence-corrected chi connectivity index (χ3v) is 3.84. The van der Waals surface area contributed by atoms with E-state index in [4.69, 9.17) is 0 Å². The van der Waals surface area contributed by atoms with Gasteiger partial charge in [-0.15, -0.1) is 10.2 Å². The summed E-state index contributed by atoms with van der Waals surface area (Å²) in [6.45, 7) is 0. The molecular formula is C16H12FN3OS. The van der Waals surface area contributed by atoms with Crippen LogP contribution >= 0.6 is 11.3 Å². The summed E-state index contributed by atoms with van der Waals surface area (Å²) in [4.78, 5) is 12.0. The van der Waals surface area contributed by atoms with Gasteiger partial charge in [0.15, 0.2) is 0 Å². The summed E-state index contributed by atoms with van der Waals surface area (Å²) in [6.07, 6.45) is 0.647. The van der Waals surface area contributed by atoms with Crippen molar-refractivity contribution in [2.24, 2.45) is 0 Å². The average Bonchev–Trinajstić information content (AvgIpc) is 2.95. The van der Waals surface area contributed by atoms with Crippen LogP contribution in [0.5, 0.6) is 0 Å². The highest BCUT2D eigenvalue weighted by atomic mass is 32.1. The Bertz CT molecular complexity index is 789. The predicted molar refractivity (Wildman–Crippen MR) is 83.5 cm³/mol. The molecule has 0 radical (unpaired) electrons. The zero-order valence-electron chi connectivity index (χ0n) is 11.5. The van der Waals surface area contributed by atoms with Crippen LogP contribution in [0.2, 0.25) is 0 Å². The van der Waals surface area contributed by atoms with E-state index < -0.39 is 11.7 Å². The molecule has 3 rings (SSSR count). The molecule has 0 saturated heterocycles. The van der Waals surface area contributed by atoms with E-state index >= 15 is 0 Å². The van der Waals surface area contributed by atoms with E-state index in [1.54, 1.807) is 6.07 Å². The van der Waals surface area contributed by atoms with E-state index in [1.807, 2.05) is 30.3 Å². The largest absolute Gasteiger partial charge is 0.296 e. The third kappa shape index (κ3) is 3.35. The molecule has 1 aromatic heterocycles. The standard InChI is InChI=1S/C16H12FN3OS/c17-13-9-5-4-8-12(13)15(21)18-16-20-19-14(22-16)10-11-6-2-1-3-7-11/h1-9H,10H2,(H,18,20,21). The van der Waals surface area contributed by atoms with Crippen LogP contribution in [-0.4, -0.2) is 16.1 Å². The first-order chi connectivity index (χ1) is 10.7. The Labute approximate surface area is 130 Å². The van der Waals surface area contributed by atoms with Crippen molar-refractivity contribution >= 4 is 22.4 Å². The minimum Gasteiger partial charge on any atom is -0.296 e. The normalized spacial score (nSPS) is 10.4. The topological polar surface area (TPSA) is 54.9 Å². The Morgan fingerprint density at radius 2 is 1.77 bits per heavy atom. The summed E-state index contributed by atoms with van der Waals surface area (Å²) in [5.41, 5.74) is 1.10. The number of anilines is 1. The van der Waals surface area contributed by atoms with Crippen LogP contribution in [0.15, 0.2) is 54.6 Å². The van der Waals surface area contributed by atoms with Gasteiger partial charge in [-0.05, 0) is 17.7 Å². The van der Waals surface area contributed by atoms with Gasteiger partial charge in [-0.3, -0.25) is 10.1 Å². The van der Waals surface area contributed by atoms with Gasteiger partial charge >= 0.3 is 0 Å². The van der Waals surface area contributed by atoms with Crippen molar-refractivity contribution in [3.8, 4) is 0 Å². The highest BCUT2D eigenvalue weighted by Gasteiger charge is 2.13. The summed E-state index contributed by atoms with van der Waals surface area (Å²) in [6, 6.07) is 15.7. The second-order valence-corrected chi connectivity index (χ2v) is 5.66. The summed E-state index contributed by atoms with van der Waals surface area (Å²) in [5, 5.41) is 11.7. The van der Waals surface area contributed by atoms with Gasteiger partial charge in [-0.25, -0.2) is 4.39 Å². The van der Waals surface area contributed by atoms with Crippen LogP contribution in [-0.2, 0) is 6.42 Å². The van der Waals surface area contributed by atoms with Crippen LogP contribution in [0, 0.1) is 5.82 Å². The number of amides is 1. The molecule has 1 amide bonds. The summed E-state index contributed by atoms with van der Waals surface area (Å²) >= 11 is 1.28. The number of halogens is 1. The van der Waals surface area contributed by atoms with Crippen molar-refractivity contribution in [2.75, 3.05) is 5.32 Å². The van der Waals surface area contributed by atoms with Gasteiger partial charge in [0.25, 0.3) is 5.91 Å². The zero-order chi connectivity index (χ0) is 15.4. The van der Waals surface area contributed by atoms with Gasteiger partial charge in [0, 0.05) is 6.42 Å². The van der Waals surface area contributed by atoms with Gasteiger partial charge < -0.3 is 0 Å². The highest BCUT2D eigenvalue weighted by molar-refractivity contribution is 7.15. The maximum atomic E-state index is 13.5. The quantitative estimate of drug-likeness (QED) is 0.802. The van der Waals surface area contributed by atoms with E-state index in [0.29, 0.717) is 11.6 Å². The van der Waals surface area contributed by atoms with Crippen LogP contribution < -0.4 is 5.32 Å². The molecule has 6 heteroatoms. The Hall–Kier alpha value is -2.60. The van der Waals surface area contributed by atoms with E-state index in [-0.39, 0.29) is 5.56 Å². The average molecular weight is 313 g/mol. The van der Waals surface area contributed by atoms with Crippen molar-refractivity contribution in [3.63, 3.8) is 0 Å². The number of hydrogen-bond acceptors (Lipinski definition) is 4. The van der Waals surface area contributed by atoms with Crippen LogP contribution in [0.4, 0.5) is 9.52 Å². The number of hydrogen-bond donors (Lipinski definition) is 1. The summed E-state index contributed by atoms with van der Waals surface area (Å²) in [5.74, 6) is -1.09. The molecule has 22 heavy (non-hydrogen) atoms. The molecule has 1 N–H and O–H groups in total. The van der Waals surface area contributed by atoms with E-state index in [2.05, 4.69) is 15.5 Å². The zero-order valence-corrected chi connectivity index (χ0v) is 12.3. The van der Waals surface area contributed by atoms with Crippen molar-refractivity contribution in [1.82, 2.24) is 10.2 Å². The predicted octanol–water partition coefficient (Wildman–Crippen LogP) is 3.52. The molecule has 2 aromatic carbocycles. The molecule has 0 fully saturated rings. The Morgan fingerprint density at radius 3 is 2.55 bits per heavy atom. The lowest BCUT2D eigenvalue weighted by Gasteiger charge is -2.01. The highest BCUT2D eigenvalue weighted by Crippen LogP contribution is 2.19. The minimum absolute atomic E-state index is 0.0118. The van der Waals surface area contributed by atoms with Crippen molar-refractivity contribution in [3.05, 3.63) is 76.5 Å². The van der Waals surface area contributed by atoms with Gasteiger partial charge in [0.1, 0.15) is 10.8 Å². The Morgan fingerprint density at radius 1 is 1.05 bits per heavy atom. The second-order valence-electron chi connectivity index (χ2n) is 4.60. The molecule has 0 unspecified atom stereocenters. The molecule has 0 bridgehead atoms. The van der Waals surface area contributed by atoms with E-state index in [9.17, 15) is 9.18 Å². The second kappa shape index (κ2) is 6.44. The van der Waals surface area contributed by atoms with Crippen LogP contribution in [0.25, 0.3) is 0 Å². The molecule has 0 aliphatic carbocycles. The van der Waals surface area contributed by atoms with E-state index in [0.717, 1.165) is 10.6 Å². The van der Waals surface area contributed by atoms with E-state index in [1.165, 1.54) is 29.5 Å². The number of nitrogens with one attached hydrogen (secondary N) is 1. The Kier molecular flexibility index (Phi) is 4.20. The van der Waals surface area contributed by atoms with Crippen molar-refractivity contribution in [1.29, 1.82) is 0 Å². The number of aromatic nitrogens is 2. The van der Waals surface area contributed by atoms with Gasteiger partial charge in [0.05, 0.1) is 5.56 Å². The first kappa shape index (κ1) is 14.3. The van der Waals surface area contributed by atoms with Crippen molar-refractivity contribution in [2.45, 2.75) is 6.42 Å². The lowest BCUT2D eigenvalue weighted by Crippen LogP contribution is -2.13. The molecule has 0 aliphatic rings. The molecular weight excluding hydrogens is 301 g/mol. The smallest absolute Gasteiger partial charge is 0.260 e. The molecule has 0 aliphatic heterocycles. The number of carbonyl (C=O) groups excluding carboxylic acids is 1. The maximum absolute atomic E-state index is 13.5. The fourth-order valence-electron chi connectivity index (χ4n) is 1.96. The number of benzene rings is 2. The van der Waals surface area contributed by atoms with Gasteiger partial charge in [-0.2, -0.15) is 0 Å². The van der Waals surface area contributed by atoms with Gasteiger partial charge in [0.2, 0.25) is 5.13 Å². The molecule has 0 atom stereocenters. The lowest BCUT2D eigenvalue weighted by atomic mass is 10.2. The Balaban J connectivity index is 1.69. The fourth-order valence-corrected chi connectivity index (χ4v) is 2.72. The van der Waals surface area contributed by atoms with Crippen LogP contribution in [0.3, 0.4) is 0 Å². The molecule has 4 nitrogen and oxygen atoms in total. The molecule has 0 saturated carbocycles.